The average molecular weight is 926 g/mol. The van der Waals surface area contributed by atoms with E-state index in [9.17, 15) is 0 Å². The SMILES string of the molecule is Clc1nc(-c2ccccc2)c2cc(-c3ccccc3)c3ccccc3c2n1.c1ccc(-c2cc3c(-c4ccccc4)nc(-c4ccc5c6ccccc6c6ccccc6c5c4)nc3c3ccccc23)cc1. The van der Waals surface area contributed by atoms with E-state index in [-0.39, 0.29) is 5.28 Å². The van der Waals surface area contributed by atoms with Gasteiger partial charge in [-0.15, -0.1) is 0 Å². The van der Waals surface area contributed by atoms with E-state index in [1.807, 2.05) is 30.3 Å². The Labute approximate surface area is 415 Å². The van der Waals surface area contributed by atoms with Crippen LogP contribution in [0.3, 0.4) is 0 Å². The molecule has 332 valence electrons. The van der Waals surface area contributed by atoms with Gasteiger partial charge in [-0.05, 0) is 95.1 Å². The van der Waals surface area contributed by atoms with Crippen LogP contribution >= 0.6 is 11.6 Å². The fourth-order valence-electron chi connectivity index (χ4n) is 10.4. The second-order valence-corrected chi connectivity index (χ2v) is 18.1. The molecular weight excluding hydrogens is 884 g/mol. The Morgan fingerprint density at radius 3 is 1.04 bits per heavy atom. The lowest BCUT2D eigenvalue weighted by molar-refractivity contribution is 1.23. The summed E-state index contributed by atoms with van der Waals surface area (Å²) in [5.41, 5.74) is 11.5. The number of fused-ring (bicyclic) bond motifs is 12. The van der Waals surface area contributed by atoms with Gasteiger partial charge < -0.3 is 0 Å². The number of benzene rings is 12. The van der Waals surface area contributed by atoms with Gasteiger partial charge >= 0.3 is 0 Å². The fourth-order valence-corrected chi connectivity index (χ4v) is 10.6. The molecule has 14 rings (SSSR count). The number of hydrogen-bond acceptors (Lipinski definition) is 4. The second-order valence-electron chi connectivity index (χ2n) is 17.8. The maximum absolute atomic E-state index is 6.31. The van der Waals surface area contributed by atoms with Crippen LogP contribution in [0.15, 0.2) is 249 Å². The van der Waals surface area contributed by atoms with Crippen molar-refractivity contribution in [2.24, 2.45) is 0 Å². The van der Waals surface area contributed by atoms with Crippen LogP contribution in [0.5, 0.6) is 0 Å². The third-order valence-electron chi connectivity index (χ3n) is 13.7. The highest BCUT2D eigenvalue weighted by molar-refractivity contribution is 6.29. The highest BCUT2D eigenvalue weighted by atomic mass is 35.5. The maximum atomic E-state index is 6.31. The molecule has 0 spiro atoms. The van der Waals surface area contributed by atoms with Crippen LogP contribution in [0, 0.1) is 0 Å². The molecule has 14 aromatic rings. The van der Waals surface area contributed by atoms with E-state index in [2.05, 4.69) is 228 Å². The molecule has 0 fully saturated rings. The van der Waals surface area contributed by atoms with E-state index in [4.69, 9.17) is 21.6 Å². The topological polar surface area (TPSA) is 51.6 Å². The Kier molecular flexibility index (Phi) is 10.5. The molecule has 0 saturated carbocycles. The van der Waals surface area contributed by atoms with Crippen molar-refractivity contribution in [3.63, 3.8) is 0 Å². The van der Waals surface area contributed by atoms with Crippen molar-refractivity contribution in [3.05, 3.63) is 254 Å². The molecule has 0 N–H and O–H groups in total. The molecule has 0 saturated heterocycles. The molecule has 2 heterocycles. The summed E-state index contributed by atoms with van der Waals surface area (Å²) in [4.78, 5) is 19.8. The van der Waals surface area contributed by atoms with Crippen LogP contribution in [-0.4, -0.2) is 19.9 Å². The average Bonchev–Trinajstić information content (AvgIpc) is 3.45. The number of hydrogen-bond donors (Lipinski definition) is 0. The van der Waals surface area contributed by atoms with Crippen LogP contribution in [0.2, 0.25) is 5.28 Å². The number of aromatic nitrogens is 4. The molecule has 71 heavy (non-hydrogen) atoms. The molecule has 2 aromatic heterocycles. The summed E-state index contributed by atoms with van der Waals surface area (Å²) < 4.78 is 0. The quantitative estimate of drug-likeness (QED) is 0.127. The molecule has 0 unspecified atom stereocenters. The van der Waals surface area contributed by atoms with E-state index >= 15 is 0 Å². The van der Waals surface area contributed by atoms with Gasteiger partial charge in [-0.25, -0.2) is 19.9 Å². The van der Waals surface area contributed by atoms with Gasteiger partial charge in [-0.2, -0.15) is 0 Å². The third kappa shape index (κ3) is 7.50. The molecule has 0 bridgehead atoms. The zero-order valence-corrected chi connectivity index (χ0v) is 39.1. The summed E-state index contributed by atoms with van der Waals surface area (Å²) in [6.07, 6.45) is 0. The molecule has 12 aromatic carbocycles. The van der Waals surface area contributed by atoms with Crippen LogP contribution in [0.25, 0.3) is 132 Å². The summed E-state index contributed by atoms with van der Waals surface area (Å²) >= 11 is 6.31. The predicted molar refractivity (Wildman–Crippen MR) is 299 cm³/mol. The van der Waals surface area contributed by atoms with E-state index in [1.54, 1.807) is 0 Å². The molecule has 5 heteroatoms. The standard InChI is InChI=1S/C42H26N2.C24H15ClN2/c1-3-13-27(14-4-1)37-26-39-40(28-15-5-2-6-16-28)43-42(44-41(39)36-22-12-11-21-34(36)37)29-23-24-35-32-19-8-7-17-30(32)31-18-9-10-20-33(31)38(35)25-29;25-24-26-22(17-11-5-2-6-12-17)21-15-20(16-9-3-1-4-10-16)18-13-7-8-14-19(18)23(21)27-24/h1-26H;1-15H. The molecule has 0 aliphatic carbocycles. The zero-order valence-electron chi connectivity index (χ0n) is 38.3. The lowest BCUT2D eigenvalue weighted by Gasteiger charge is -2.15. The molecular formula is C66H41ClN4. The minimum absolute atomic E-state index is 0.263. The monoisotopic (exact) mass is 924 g/mol. The fraction of sp³-hybridized carbons (Fsp3) is 0. The first kappa shape index (κ1) is 42.0. The first-order valence-electron chi connectivity index (χ1n) is 23.8. The Morgan fingerprint density at radius 1 is 0.225 bits per heavy atom. The van der Waals surface area contributed by atoms with Crippen molar-refractivity contribution >= 4 is 87.3 Å². The van der Waals surface area contributed by atoms with Crippen LogP contribution < -0.4 is 0 Å². The van der Waals surface area contributed by atoms with Gasteiger partial charge in [0.1, 0.15) is 0 Å². The third-order valence-corrected chi connectivity index (χ3v) is 13.8. The van der Waals surface area contributed by atoms with Crippen molar-refractivity contribution in [1.29, 1.82) is 0 Å². The van der Waals surface area contributed by atoms with Crippen molar-refractivity contribution in [1.82, 2.24) is 19.9 Å². The first-order chi connectivity index (χ1) is 35.1. The lowest BCUT2D eigenvalue weighted by Crippen LogP contribution is -1.97. The zero-order chi connectivity index (χ0) is 47.3. The minimum atomic E-state index is 0.263. The van der Waals surface area contributed by atoms with Gasteiger partial charge in [0.15, 0.2) is 5.82 Å². The highest BCUT2D eigenvalue weighted by Gasteiger charge is 2.19. The summed E-state index contributed by atoms with van der Waals surface area (Å²) in [6.45, 7) is 0. The molecule has 4 nitrogen and oxygen atoms in total. The lowest BCUT2D eigenvalue weighted by atomic mass is 9.92. The Morgan fingerprint density at radius 2 is 0.577 bits per heavy atom. The molecule has 0 atom stereocenters. The van der Waals surface area contributed by atoms with E-state index in [1.165, 1.54) is 60.0 Å². The van der Waals surface area contributed by atoms with Crippen molar-refractivity contribution in [3.8, 4) is 56.2 Å². The van der Waals surface area contributed by atoms with Crippen molar-refractivity contribution in [2.45, 2.75) is 0 Å². The van der Waals surface area contributed by atoms with Gasteiger partial charge in [0.05, 0.1) is 22.4 Å². The normalized spacial score (nSPS) is 11.5. The molecule has 0 aliphatic heterocycles. The maximum Gasteiger partial charge on any atom is 0.223 e. The van der Waals surface area contributed by atoms with Gasteiger partial charge in [-0.3, -0.25) is 0 Å². The predicted octanol–water partition coefficient (Wildman–Crippen LogP) is 18.0. The number of nitrogens with zero attached hydrogens (tertiary/aromatic N) is 4. The van der Waals surface area contributed by atoms with Crippen molar-refractivity contribution < 1.29 is 0 Å². The number of rotatable bonds is 5. The minimum Gasteiger partial charge on any atom is -0.227 e. The summed E-state index contributed by atoms with van der Waals surface area (Å²) in [6, 6.07) is 87.1. The Balaban J connectivity index is 0.000000156. The van der Waals surface area contributed by atoms with Crippen LogP contribution in [-0.2, 0) is 0 Å². The highest BCUT2D eigenvalue weighted by Crippen LogP contribution is 2.42. The van der Waals surface area contributed by atoms with Gasteiger partial charge in [0.25, 0.3) is 0 Å². The summed E-state index contributed by atoms with van der Waals surface area (Å²) in [5.74, 6) is 0.730. The van der Waals surface area contributed by atoms with Gasteiger partial charge in [0.2, 0.25) is 5.28 Å². The Bertz CT molecular complexity index is 4300. The van der Waals surface area contributed by atoms with E-state index in [0.29, 0.717) is 0 Å². The largest absolute Gasteiger partial charge is 0.227 e. The van der Waals surface area contributed by atoms with Gasteiger partial charge in [0, 0.05) is 38.2 Å². The number of halogens is 1. The second kappa shape index (κ2) is 17.8. The summed E-state index contributed by atoms with van der Waals surface area (Å²) in [5, 5.41) is 14.4. The first-order valence-corrected chi connectivity index (χ1v) is 24.2. The van der Waals surface area contributed by atoms with Gasteiger partial charge in [-0.1, -0.05) is 231 Å². The van der Waals surface area contributed by atoms with Crippen LogP contribution in [0.1, 0.15) is 0 Å². The molecule has 0 amide bonds. The summed E-state index contributed by atoms with van der Waals surface area (Å²) in [7, 11) is 0. The van der Waals surface area contributed by atoms with E-state index in [0.717, 1.165) is 71.9 Å². The Hall–Kier alpha value is -9.09. The van der Waals surface area contributed by atoms with Crippen molar-refractivity contribution in [2.75, 3.05) is 0 Å². The molecule has 0 radical (unpaired) electrons. The smallest absolute Gasteiger partial charge is 0.223 e. The molecule has 0 aliphatic rings. The van der Waals surface area contributed by atoms with Crippen LogP contribution in [0.4, 0.5) is 0 Å². The van der Waals surface area contributed by atoms with E-state index < -0.39 is 0 Å².